The number of nitrogens with one attached hydrogen (secondary N) is 3. The van der Waals surface area contributed by atoms with E-state index in [4.69, 9.17) is 32.4 Å². The Morgan fingerprint density at radius 3 is 2.61 bits per heavy atom. The van der Waals surface area contributed by atoms with Gasteiger partial charge in [0.05, 0.1) is 34.8 Å². The molecule has 0 saturated carbocycles. The predicted octanol–water partition coefficient (Wildman–Crippen LogP) is 3.37. The van der Waals surface area contributed by atoms with E-state index >= 15 is 0 Å². The van der Waals surface area contributed by atoms with E-state index in [0.29, 0.717) is 27.8 Å². The summed E-state index contributed by atoms with van der Waals surface area (Å²) in [6, 6.07) is 14.9. The highest BCUT2D eigenvalue weighted by molar-refractivity contribution is 6.44. The highest BCUT2D eigenvalue weighted by Gasteiger charge is 2.13. The third-order valence-corrected chi connectivity index (χ3v) is 4.90. The molecule has 2 aromatic carbocycles. The molecule has 1 heterocycles. The van der Waals surface area contributed by atoms with E-state index in [1.807, 2.05) is 0 Å². The maximum absolute atomic E-state index is 12.2. The molecule has 0 bridgehead atoms. The van der Waals surface area contributed by atoms with Crippen LogP contribution in [0.2, 0.25) is 10.0 Å². The topological polar surface area (TPSA) is 122 Å². The Kier molecular flexibility index (Phi) is 8.45. The van der Waals surface area contributed by atoms with Crippen molar-refractivity contribution in [2.75, 3.05) is 11.9 Å². The van der Waals surface area contributed by atoms with E-state index < -0.39 is 17.7 Å². The van der Waals surface area contributed by atoms with Gasteiger partial charge < -0.3 is 19.8 Å². The van der Waals surface area contributed by atoms with Crippen LogP contribution >= 0.6 is 23.2 Å². The zero-order valence-electron chi connectivity index (χ0n) is 17.0. The third kappa shape index (κ3) is 7.09. The fourth-order valence-corrected chi connectivity index (χ4v) is 2.87. The summed E-state index contributed by atoms with van der Waals surface area (Å²) in [6.45, 7) is -0.239. The number of halogens is 2. The van der Waals surface area contributed by atoms with E-state index in [2.05, 4.69) is 21.2 Å². The van der Waals surface area contributed by atoms with Crippen LogP contribution < -0.4 is 20.8 Å². The molecular weight excluding hydrogens is 471 g/mol. The smallest absolute Gasteiger partial charge is 0.329 e. The molecule has 0 radical (unpaired) electrons. The van der Waals surface area contributed by atoms with Gasteiger partial charge in [-0.1, -0.05) is 41.4 Å². The molecule has 0 aliphatic carbocycles. The minimum atomic E-state index is -0.950. The number of para-hydroxylation sites is 1. The van der Waals surface area contributed by atoms with Gasteiger partial charge in [0.15, 0.2) is 6.61 Å². The number of benzene rings is 2. The molecule has 1 aromatic heterocycles. The van der Waals surface area contributed by atoms with Crippen LogP contribution in [0.1, 0.15) is 11.3 Å². The van der Waals surface area contributed by atoms with Gasteiger partial charge in [-0.15, -0.1) is 0 Å². The summed E-state index contributed by atoms with van der Waals surface area (Å²) in [4.78, 5) is 35.8. The van der Waals surface area contributed by atoms with Gasteiger partial charge in [-0.3, -0.25) is 14.4 Å². The maximum Gasteiger partial charge on any atom is 0.329 e. The lowest BCUT2D eigenvalue weighted by molar-refractivity contribution is -0.139. The SMILES string of the molecule is O=C(COc1ccccc1/C=N\NC(=O)C(=O)NCc1ccco1)Nc1cccc(Cl)c1Cl. The standard InChI is InChI=1S/C22H18Cl2N4O5/c23-16-7-3-8-17(20(16)24)27-19(29)13-33-18-9-2-1-5-14(18)11-26-28-22(31)21(30)25-12-15-6-4-10-32-15/h1-11H,12-13H2,(H,25,30)(H,27,29)(H,28,31)/b26-11-. The van der Waals surface area contributed by atoms with E-state index in [1.165, 1.54) is 12.5 Å². The zero-order chi connectivity index (χ0) is 23.6. The van der Waals surface area contributed by atoms with E-state index in [-0.39, 0.29) is 18.2 Å². The van der Waals surface area contributed by atoms with Crippen LogP contribution in [0, 0.1) is 0 Å². The lowest BCUT2D eigenvalue weighted by Gasteiger charge is -2.11. The van der Waals surface area contributed by atoms with E-state index in [1.54, 1.807) is 54.6 Å². The number of hydrogen-bond acceptors (Lipinski definition) is 6. The fourth-order valence-electron chi connectivity index (χ4n) is 2.52. The molecule has 3 N–H and O–H groups in total. The molecule has 0 fully saturated rings. The molecule has 0 aliphatic heterocycles. The van der Waals surface area contributed by atoms with Gasteiger partial charge in [-0.25, -0.2) is 5.43 Å². The number of anilines is 1. The monoisotopic (exact) mass is 488 g/mol. The van der Waals surface area contributed by atoms with Crippen molar-refractivity contribution in [2.24, 2.45) is 5.10 Å². The average Bonchev–Trinajstić information content (AvgIpc) is 3.33. The van der Waals surface area contributed by atoms with Gasteiger partial charge in [0.25, 0.3) is 5.91 Å². The number of hydrazone groups is 1. The summed E-state index contributed by atoms with van der Waals surface area (Å²) >= 11 is 12.0. The Morgan fingerprint density at radius 2 is 1.82 bits per heavy atom. The molecule has 170 valence electrons. The summed E-state index contributed by atoms with van der Waals surface area (Å²) in [5.74, 6) is -1.43. The van der Waals surface area contributed by atoms with Crippen LogP contribution in [0.5, 0.6) is 5.75 Å². The normalized spacial score (nSPS) is 10.6. The first kappa shape index (κ1) is 23.8. The van der Waals surface area contributed by atoms with Crippen LogP contribution in [0.15, 0.2) is 70.4 Å². The average molecular weight is 489 g/mol. The summed E-state index contributed by atoms with van der Waals surface area (Å²) in [5.41, 5.74) is 2.96. The summed E-state index contributed by atoms with van der Waals surface area (Å²) in [5, 5.41) is 9.31. The van der Waals surface area contributed by atoms with Crippen molar-refractivity contribution in [3.8, 4) is 5.75 Å². The number of hydrogen-bond donors (Lipinski definition) is 3. The third-order valence-electron chi connectivity index (χ3n) is 4.08. The number of ether oxygens (including phenoxy) is 1. The zero-order valence-corrected chi connectivity index (χ0v) is 18.5. The van der Waals surface area contributed by atoms with Crippen LogP contribution in [-0.4, -0.2) is 30.5 Å². The van der Waals surface area contributed by atoms with Crippen molar-refractivity contribution in [1.29, 1.82) is 0 Å². The number of carbonyl (C=O) groups is 3. The molecule has 3 rings (SSSR count). The number of amides is 3. The minimum absolute atomic E-state index is 0.0715. The summed E-state index contributed by atoms with van der Waals surface area (Å²) in [7, 11) is 0. The second-order valence-electron chi connectivity index (χ2n) is 6.44. The first-order chi connectivity index (χ1) is 15.9. The Bertz CT molecular complexity index is 1170. The molecule has 0 aliphatic rings. The molecule has 0 spiro atoms. The van der Waals surface area contributed by atoms with Crippen molar-refractivity contribution in [1.82, 2.24) is 10.7 Å². The number of rotatable bonds is 8. The Labute approximate surface area is 198 Å². The molecule has 3 amide bonds. The summed E-state index contributed by atoms with van der Waals surface area (Å²) < 4.78 is 10.6. The number of nitrogens with zero attached hydrogens (tertiary/aromatic N) is 1. The lowest BCUT2D eigenvalue weighted by Crippen LogP contribution is -2.37. The highest BCUT2D eigenvalue weighted by atomic mass is 35.5. The molecule has 0 saturated heterocycles. The molecular formula is C22H18Cl2N4O5. The quantitative estimate of drug-likeness (QED) is 0.255. The fraction of sp³-hybridized carbons (Fsp3) is 0.0909. The van der Waals surface area contributed by atoms with Crippen LogP contribution in [0.25, 0.3) is 0 Å². The van der Waals surface area contributed by atoms with Crippen molar-refractivity contribution in [3.63, 3.8) is 0 Å². The van der Waals surface area contributed by atoms with Gasteiger partial charge in [0, 0.05) is 5.56 Å². The Balaban J connectivity index is 1.51. The largest absolute Gasteiger partial charge is 0.483 e. The molecule has 9 nitrogen and oxygen atoms in total. The lowest BCUT2D eigenvalue weighted by atomic mass is 10.2. The highest BCUT2D eigenvalue weighted by Crippen LogP contribution is 2.29. The second-order valence-corrected chi connectivity index (χ2v) is 7.22. The maximum atomic E-state index is 12.2. The molecule has 0 atom stereocenters. The summed E-state index contributed by atoms with van der Waals surface area (Å²) in [6.07, 6.45) is 2.75. The Morgan fingerprint density at radius 1 is 1.00 bits per heavy atom. The van der Waals surface area contributed by atoms with Crippen LogP contribution in [0.4, 0.5) is 5.69 Å². The molecule has 0 unspecified atom stereocenters. The van der Waals surface area contributed by atoms with Gasteiger partial charge in [0.2, 0.25) is 0 Å². The Hall–Kier alpha value is -3.82. The van der Waals surface area contributed by atoms with Gasteiger partial charge in [0.1, 0.15) is 11.5 Å². The van der Waals surface area contributed by atoms with E-state index in [0.717, 1.165) is 0 Å². The van der Waals surface area contributed by atoms with Crippen molar-refractivity contribution < 1.29 is 23.5 Å². The second kappa shape index (κ2) is 11.7. The minimum Gasteiger partial charge on any atom is -0.483 e. The van der Waals surface area contributed by atoms with E-state index in [9.17, 15) is 14.4 Å². The first-order valence-corrected chi connectivity index (χ1v) is 10.3. The van der Waals surface area contributed by atoms with Gasteiger partial charge >= 0.3 is 11.8 Å². The predicted molar refractivity (Wildman–Crippen MR) is 123 cm³/mol. The van der Waals surface area contributed by atoms with Gasteiger partial charge in [-0.05, 0) is 36.4 Å². The van der Waals surface area contributed by atoms with Crippen molar-refractivity contribution >= 4 is 52.8 Å². The van der Waals surface area contributed by atoms with Crippen LogP contribution in [-0.2, 0) is 20.9 Å². The number of carbonyl (C=O) groups excluding carboxylic acids is 3. The first-order valence-electron chi connectivity index (χ1n) is 9.53. The molecule has 11 heteroatoms. The van der Waals surface area contributed by atoms with Gasteiger partial charge in [-0.2, -0.15) is 5.10 Å². The van der Waals surface area contributed by atoms with Crippen molar-refractivity contribution in [2.45, 2.75) is 6.54 Å². The van der Waals surface area contributed by atoms with Crippen LogP contribution in [0.3, 0.4) is 0 Å². The number of furan rings is 1. The molecule has 33 heavy (non-hydrogen) atoms. The molecule has 3 aromatic rings. The van der Waals surface area contributed by atoms with Crippen molar-refractivity contribution in [3.05, 3.63) is 82.2 Å².